The number of carbonyl (C=O) groups is 1. The smallest absolute Gasteiger partial charge is 0.287 e. The zero-order valence-electron chi connectivity index (χ0n) is 9.86. The summed E-state index contributed by atoms with van der Waals surface area (Å²) in [6.45, 7) is 0.310. The summed E-state index contributed by atoms with van der Waals surface area (Å²) in [6.07, 6.45) is 4.55. The molecule has 1 aliphatic rings. The van der Waals surface area contributed by atoms with Crippen molar-refractivity contribution in [3.05, 3.63) is 23.7 Å². The summed E-state index contributed by atoms with van der Waals surface area (Å²) < 4.78 is 5.39. The highest BCUT2D eigenvalue weighted by Crippen LogP contribution is 2.30. The van der Waals surface area contributed by atoms with Gasteiger partial charge >= 0.3 is 0 Å². The van der Waals surface area contributed by atoms with Crippen LogP contribution in [0.25, 0.3) is 0 Å². The Morgan fingerprint density at radius 3 is 2.94 bits per heavy atom. The molecule has 1 amide bonds. The number of aliphatic hydroxyl groups is 1. The molecule has 4 nitrogen and oxygen atoms in total. The highest BCUT2D eigenvalue weighted by atomic mass is 32.2. The van der Waals surface area contributed by atoms with Gasteiger partial charge in [0.15, 0.2) is 5.76 Å². The fraction of sp³-hybridized carbons (Fsp3) is 0.583. The number of thioether (sulfide) groups is 1. The number of hydrogen-bond acceptors (Lipinski definition) is 4. The maximum atomic E-state index is 11.7. The normalized spacial score (nSPS) is 17.5. The summed E-state index contributed by atoms with van der Waals surface area (Å²) >= 11 is 1.64. The van der Waals surface area contributed by atoms with Gasteiger partial charge in [0.1, 0.15) is 5.76 Å². The third-order valence-corrected chi connectivity index (χ3v) is 3.61. The van der Waals surface area contributed by atoms with Gasteiger partial charge in [-0.05, 0) is 37.7 Å². The Bertz CT molecular complexity index is 398. The Morgan fingerprint density at radius 1 is 1.59 bits per heavy atom. The molecule has 1 saturated carbocycles. The van der Waals surface area contributed by atoms with Gasteiger partial charge in [-0.2, -0.15) is 11.8 Å². The van der Waals surface area contributed by atoms with Crippen molar-refractivity contribution in [2.24, 2.45) is 0 Å². The van der Waals surface area contributed by atoms with Gasteiger partial charge < -0.3 is 14.8 Å². The minimum Gasteiger partial charge on any atom is -0.455 e. The van der Waals surface area contributed by atoms with Crippen LogP contribution in [0, 0.1) is 0 Å². The molecule has 1 heterocycles. The van der Waals surface area contributed by atoms with Crippen molar-refractivity contribution in [2.45, 2.75) is 30.6 Å². The molecule has 0 aliphatic heterocycles. The van der Waals surface area contributed by atoms with Crippen LogP contribution in [-0.2, 0) is 5.75 Å². The topological polar surface area (TPSA) is 62.5 Å². The van der Waals surface area contributed by atoms with Gasteiger partial charge in [-0.1, -0.05) is 0 Å². The van der Waals surface area contributed by atoms with E-state index in [0.29, 0.717) is 12.3 Å². The van der Waals surface area contributed by atoms with Crippen LogP contribution < -0.4 is 5.32 Å². The molecule has 1 aromatic heterocycles. The average molecular weight is 255 g/mol. The van der Waals surface area contributed by atoms with Crippen molar-refractivity contribution >= 4 is 17.7 Å². The van der Waals surface area contributed by atoms with Crippen molar-refractivity contribution in [1.82, 2.24) is 5.32 Å². The number of hydrogen-bond donors (Lipinski definition) is 2. The summed E-state index contributed by atoms with van der Waals surface area (Å²) in [5, 5.41) is 12.6. The number of furan rings is 1. The molecule has 0 atom stereocenters. The molecule has 0 unspecified atom stereocenters. The number of carbonyl (C=O) groups excluding carboxylic acids is 1. The molecule has 0 radical (unpaired) electrons. The maximum Gasteiger partial charge on any atom is 0.287 e. The first-order chi connectivity index (χ1) is 8.13. The molecule has 1 aliphatic carbocycles. The second-order valence-corrected chi connectivity index (χ2v) is 5.33. The summed E-state index contributed by atoms with van der Waals surface area (Å²) in [5.41, 5.74) is -0.690. The first-order valence-electron chi connectivity index (χ1n) is 5.71. The molecule has 5 heteroatoms. The van der Waals surface area contributed by atoms with Crippen LogP contribution in [0.15, 0.2) is 16.5 Å². The largest absolute Gasteiger partial charge is 0.455 e. The minimum absolute atomic E-state index is 0.252. The van der Waals surface area contributed by atoms with Gasteiger partial charge in [0.2, 0.25) is 0 Å². The van der Waals surface area contributed by atoms with E-state index in [1.807, 2.05) is 12.3 Å². The van der Waals surface area contributed by atoms with Gasteiger partial charge in [-0.15, -0.1) is 0 Å². The molecule has 94 valence electrons. The van der Waals surface area contributed by atoms with Crippen molar-refractivity contribution in [1.29, 1.82) is 0 Å². The van der Waals surface area contributed by atoms with Crippen LogP contribution in [0.2, 0.25) is 0 Å². The molecular weight excluding hydrogens is 238 g/mol. The third kappa shape index (κ3) is 3.04. The first kappa shape index (κ1) is 12.5. The SMILES string of the molecule is CSCc1ccc(C(=O)NCC2(O)CCC2)o1. The predicted molar refractivity (Wildman–Crippen MR) is 67.1 cm³/mol. The highest BCUT2D eigenvalue weighted by Gasteiger charge is 2.34. The summed E-state index contributed by atoms with van der Waals surface area (Å²) in [5.74, 6) is 1.62. The van der Waals surface area contributed by atoms with Crippen LogP contribution in [0.5, 0.6) is 0 Å². The van der Waals surface area contributed by atoms with Gasteiger partial charge in [0.05, 0.1) is 11.4 Å². The van der Waals surface area contributed by atoms with E-state index in [1.165, 1.54) is 0 Å². The zero-order valence-corrected chi connectivity index (χ0v) is 10.7. The lowest BCUT2D eigenvalue weighted by atomic mass is 9.80. The molecule has 2 rings (SSSR count). The Morgan fingerprint density at radius 2 is 2.35 bits per heavy atom. The van der Waals surface area contributed by atoms with E-state index >= 15 is 0 Å². The van der Waals surface area contributed by atoms with Gasteiger partial charge in [0.25, 0.3) is 5.91 Å². The number of rotatable bonds is 5. The second kappa shape index (κ2) is 5.14. The van der Waals surface area contributed by atoms with Crippen LogP contribution in [-0.4, -0.2) is 29.4 Å². The molecule has 17 heavy (non-hydrogen) atoms. The Labute approximate surface area is 105 Å². The standard InChI is InChI=1S/C12H17NO3S/c1-17-7-9-3-4-10(16-9)11(14)13-8-12(15)5-2-6-12/h3-4,15H,2,5-8H2,1H3,(H,13,14). The predicted octanol–water partition coefficient (Wildman–Crippen LogP) is 1.79. The Balaban J connectivity index is 1.85. The maximum absolute atomic E-state index is 11.7. The Kier molecular flexibility index (Phi) is 3.79. The lowest BCUT2D eigenvalue weighted by Gasteiger charge is -2.36. The summed E-state index contributed by atoms with van der Waals surface area (Å²) in [6, 6.07) is 3.48. The van der Waals surface area contributed by atoms with E-state index in [4.69, 9.17) is 4.42 Å². The van der Waals surface area contributed by atoms with Crippen LogP contribution >= 0.6 is 11.8 Å². The Hall–Kier alpha value is -0.940. The number of nitrogens with one attached hydrogen (secondary N) is 1. The zero-order chi connectivity index (χ0) is 12.3. The van der Waals surface area contributed by atoms with E-state index in [9.17, 15) is 9.90 Å². The molecule has 0 saturated heterocycles. The molecule has 0 bridgehead atoms. The highest BCUT2D eigenvalue weighted by molar-refractivity contribution is 7.97. The fourth-order valence-corrected chi connectivity index (χ4v) is 2.25. The van der Waals surface area contributed by atoms with E-state index in [1.54, 1.807) is 17.8 Å². The number of amides is 1. The van der Waals surface area contributed by atoms with E-state index in [2.05, 4.69) is 5.32 Å². The van der Waals surface area contributed by atoms with Crippen molar-refractivity contribution < 1.29 is 14.3 Å². The van der Waals surface area contributed by atoms with Crippen molar-refractivity contribution in [3.8, 4) is 0 Å². The monoisotopic (exact) mass is 255 g/mol. The molecule has 0 spiro atoms. The summed E-state index contributed by atoms with van der Waals surface area (Å²) in [4.78, 5) is 11.7. The van der Waals surface area contributed by atoms with E-state index in [0.717, 1.165) is 30.8 Å². The second-order valence-electron chi connectivity index (χ2n) is 4.46. The lowest BCUT2D eigenvalue weighted by Crippen LogP contribution is -2.47. The van der Waals surface area contributed by atoms with Gasteiger partial charge in [-0.25, -0.2) is 0 Å². The molecule has 0 aromatic carbocycles. The average Bonchev–Trinajstić information content (AvgIpc) is 2.72. The quantitative estimate of drug-likeness (QED) is 0.842. The fourth-order valence-electron chi connectivity index (χ4n) is 1.81. The summed E-state index contributed by atoms with van der Waals surface area (Å²) in [7, 11) is 0. The lowest BCUT2D eigenvalue weighted by molar-refractivity contribution is -0.0302. The first-order valence-corrected chi connectivity index (χ1v) is 7.11. The van der Waals surface area contributed by atoms with Crippen LogP contribution in [0.3, 0.4) is 0 Å². The molecule has 1 aromatic rings. The van der Waals surface area contributed by atoms with Crippen LogP contribution in [0.1, 0.15) is 35.6 Å². The molecular formula is C12H17NO3S. The third-order valence-electron chi connectivity index (χ3n) is 3.03. The van der Waals surface area contributed by atoms with Gasteiger partial charge in [0, 0.05) is 6.54 Å². The molecule has 1 fully saturated rings. The van der Waals surface area contributed by atoms with Crippen molar-refractivity contribution in [2.75, 3.05) is 12.8 Å². The molecule has 2 N–H and O–H groups in total. The van der Waals surface area contributed by atoms with Crippen LogP contribution in [0.4, 0.5) is 0 Å². The van der Waals surface area contributed by atoms with E-state index < -0.39 is 5.60 Å². The van der Waals surface area contributed by atoms with Gasteiger partial charge in [-0.3, -0.25) is 4.79 Å². The minimum atomic E-state index is -0.690. The van der Waals surface area contributed by atoms with Crippen molar-refractivity contribution in [3.63, 3.8) is 0 Å². The van der Waals surface area contributed by atoms with E-state index in [-0.39, 0.29) is 5.91 Å².